The fourth-order valence-corrected chi connectivity index (χ4v) is 0.313. The van der Waals surface area contributed by atoms with Gasteiger partial charge in [0.05, 0.1) is 0 Å². The van der Waals surface area contributed by atoms with E-state index in [1.807, 2.05) is 18.2 Å². The van der Waals surface area contributed by atoms with Crippen molar-refractivity contribution in [2.45, 2.75) is 0 Å². The standard InChI is InChI=1S/C5H5N.2CHO2.Ca/c1-2-4-6-5-3-1;2*2-1-3;/h1-5H;2*(H,2,3);/q;2*-1;+2. The van der Waals surface area contributed by atoms with Crippen molar-refractivity contribution in [2.75, 3.05) is 0 Å². The average Bonchev–Trinajstić information content (AvgIpc) is 2.10. The number of pyridine rings is 1. The first-order valence-corrected chi connectivity index (χ1v) is 2.71. The van der Waals surface area contributed by atoms with Gasteiger partial charge in [0.25, 0.3) is 0 Å². The van der Waals surface area contributed by atoms with E-state index in [0.717, 1.165) is 0 Å². The fourth-order valence-electron chi connectivity index (χ4n) is 0.313. The van der Waals surface area contributed by atoms with Crippen LogP contribution in [-0.2, 0) is 9.59 Å². The van der Waals surface area contributed by atoms with Gasteiger partial charge in [-0.3, -0.25) is 4.98 Å². The minimum Gasteiger partial charge on any atom is -0.665 e. The number of aromatic nitrogens is 1. The largest absolute Gasteiger partial charge is 2.00 e. The Labute approximate surface area is 105 Å². The Morgan fingerprint density at radius 1 is 0.923 bits per heavy atom. The van der Waals surface area contributed by atoms with Crippen LogP contribution in [0.5, 0.6) is 0 Å². The van der Waals surface area contributed by atoms with Gasteiger partial charge in [0.2, 0.25) is 0 Å². The van der Waals surface area contributed by atoms with Gasteiger partial charge >= 0.3 is 37.7 Å². The molecular weight excluding hydrogens is 202 g/mol. The van der Waals surface area contributed by atoms with Gasteiger partial charge in [0, 0.05) is 12.4 Å². The maximum Gasteiger partial charge on any atom is 2.00 e. The zero-order valence-corrected chi connectivity index (χ0v) is 8.96. The Balaban J connectivity index is -0.000000126. The van der Waals surface area contributed by atoms with E-state index in [-0.39, 0.29) is 37.7 Å². The molecule has 0 aromatic carbocycles. The second-order valence-corrected chi connectivity index (χ2v) is 1.21. The van der Waals surface area contributed by atoms with Gasteiger partial charge in [-0.15, -0.1) is 0 Å². The van der Waals surface area contributed by atoms with Crippen molar-refractivity contribution in [3.63, 3.8) is 0 Å². The molecule has 1 aromatic rings. The molecule has 13 heavy (non-hydrogen) atoms. The second kappa shape index (κ2) is 22.5. The summed E-state index contributed by atoms with van der Waals surface area (Å²) >= 11 is 0. The second-order valence-electron chi connectivity index (χ2n) is 1.21. The molecule has 0 bridgehead atoms. The van der Waals surface area contributed by atoms with Crippen molar-refractivity contribution in [3.8, 4) is 0 Å². The van der Waals surface area contributed by atoms with Crippen molar-refractivity contribution in [1.29, 1.82) is 0 Å². The summed E-state index contributed by atoms with van der Waals surface area (Å²) in [4.78, 5) is 20.3. The third-order valence-corrected chi connectivity index (χ3v) is 0.566. The van der Waals surface area contributed by atoms with Crippen molar-refractivity contribution in [3.05, 3.63) is 30.6 Å². The van der Waals surface area contributed by atoms with E-state index in [4.69, 9.17) is 19.8 Å². The Kier molecular flexibility index (Phi) is 31.5. The predicted octanol–water partition coefficient (Wildman–Crippen LogP) is -0.0760. The maximum atomic E-state index is 8.24. The molecule has 0 fully saturated rings. The molecule has 0 aliphatic carbocycles. The summed E-state index contributed by atoms with van der Waals surface area (Å²) in [6.07, 6.45) is 3.50. The molecule has 6 heteroatoms. The van der Waals surface area contributed by atoms with Gasteiger partial charge in [0.15, 0.2) is 0 Å². The van der Waals surface area contributed by atoms with E-state index < -0.39 is 0 Å². The number of nitrogens with zero attached hydrogens (tertiary/aromatic N) is 1. The summed E-state index contributed by atoms with van der Waals surface area (Å²) in [5.41, 5.74) is 0. The van der Waals surface area contributed by atoms with Gasteiger partial charge in [0.1, 0.15) is 0 Å². The van der Waals surface area contributed by atoms with E-state index in [9.17, 15) is 0 Å². The summed E-state index contributed by atoms with van der Waals surface area (Å²) in [5, 5.41) is 13.5. The van der Waals surface area contributed by atoms with Crippen molar-refractivity contribution >= 4 is 50.7 Å². The van der Waals surface area contributed by atoms with E-state index in [0.29, 0.717) is 12.9 Å². The molecule has 1 rings (SSSR count). The normalized spacial score (nSPS) is 5.54. The molecule has 0 saturated heterocycles. The van der Waals surface area contributed by atoms with Crippen LogP contribution in [0.15, 0.2) is 30.6 Å². The van der Waals surface area contributed by atoms with Gasteiger partial charge in [-0.05, 0) is 12.1 Å². The molecule has 0 amide bonds. The third kappa shape index (κ3) is 34.7. The first-order chi connectivity index (χ1) is 5.83. The zero-order chi connectivity index (χ0) is 9.66. The van der Waals surface area contributed by atoms with Crippen molar-refractivity contribution in [1.82, 2.24) is 4.98 Å². The number of aliphatic hydroxyl groups excluding tert-OH is 2. The maximum absolute atomic E-state index is 8.24. The summed E-state index contributed by atoms with van der Waals surface area (Å²) in [6.45, 7) is 1.00. The van der Waals surface area contributed by atoms with Crippen LogP contribution in [-0.4, -0.2) is 65.9 Å². The van der Waals surface area contributed by atoms with Gasteiger partial charge in [-0.25, -0.2) is 0 Å². The molecular formula is C7H7CaNO4. The molecule has 0 saturated carbocycles. The summed E-state index contributed by atoms with van der Waals surface area (Å²) in [7, 11) is 0. The minimum atomic E-state index is 0. The number of hydrogen-bond acceptors (Lipinski definition) is 3. The van der Waals surface area contributed by atoms with E-state index in [1.165, 1.54) is 0 Å². The molecule has 0 atom stereocenters. The van der Waals surface area contributed by atoms with Crippen LogP contribution in [0.25, 0.3) is 0 Å². The molecule has 0 radical (unpaired) electrons. The van der Waals surface area contributed by atoms with Crippen molar-refractivity contribution in [2.24, 2.45) is 0 Å². The molecule has 66 valence electrons. The molecule has 0 aliphatic heterocycles. The molecule has 0 spiro atoms. The molecule has 1 heterocycles. The zero-order valence-electron chi connectivity index (χ0n) is 6.75. The van der Waals surface area contributed by atoms with Crippen LogP contribution in [0, 0.1) is 0 Å². The Hall–Kier alpha value is -0.650. The van der Waals surface area contributed by atoms with Crippen molar-refractivity contribution < 1.29 is 19.8 Å². The predicted molar refractivity (Wildman–Crippen MR) is 46.6 cm³/mol. The third-order valence-electron chi connectivity index (χ3n) is 0.566. The summed E-state index contributed by atoms with van der Waals surface area (Å²) in [5.74, 6) is 0. The molecule has 0 unspecified atom stereocenters. The first kappa shape index (κ1) is 18.2. The molecule has 5 nitrogen and oxygen atoms in total. The van der Waals surface area contributed by atoms with Crippen LogP contribution < -0.4 is 0 Å². The monoisotopic (exact) mass is 209 g/mol. The van der Waals surface area contributed by atoms with Gasteiger partial charge < -0.3 is 19.8 Å². The van der Waals surface area contributed by atoms with Gasteiger partial charge in [-0.1, -0.05) is 19.0 Å². The summed E-state index contributed by atoms with van der Waals surface area (Å²) in [6, 6.07) is 5.72. The first-order valence-electron chi connectivity index (χ1n) is 2.71. The average molecular weight is 209 g/mol. The van der Waals surface area contributed by atoms with Crippen LogP contribution >= 0.6 is 0 Å². The van der Waals surface area contributed by atoms with Gasteiger partial charge in [-0.2, -0.15) is 0 Å². The minimum absolute atomic E-state index is 0. The molecule has 1 aromatic heterocycles. The molecule has 0 aliphatic rings. The Bertz CT molecular complexity index is 150. The van der Waals surface area contributed by atoms with E-state index >= 15 is 0 Å². The van der Waals surface area contributed by atoms with Crippen LogP contribution in [0.4, 0.5) is 0 Å². The van der Waals surface area contributed by atoms with Crippen LogP contribution in [0.2, 0.25) is 0 Å². The fraction of sp³-hybridized carbons (Fsp3) is 0. The Morgan fingerprint density at radius 3 is 1.31 bits per heavy atom. The van der Waals surface area contributed by atoms with Crippen LogP contribution in [0.1, 0.15) is 0 Å². The quantitative estimate of drug-likeness (QED) is 0.461. The smallest absolute Gasteiger partial charge is 0.665 e. The van der Waals surface area contributed by atoms with E-state index in [2.05, 4.69) is 4.98 Å². The molecule has 2 N–H and O–H groups in total. The number of hydrogen-bond donors (Lipinski definition) is 2. The Morgan fingerprint density at radius 2 is 1.23 bits per heavy atom. The van der Waals surface area contributed by atoms with E-state index in [1.54, 1.807) is 12.4 Å². The SMILES string of the molecule is O=[C-]O.O=[C-]O.[Ca+2].c1ccncc1. The topological polar surface area (TPSA) is 87.5 Å². The number of rotatable bonds is 0. The van der Waals surface area contributed by atoms with Crippen LogP contribution in [0.3, 0.4) is 0 Å². The summed E-state index contributed by atoms with van der Waals surface area (Å²) < 4.78 is 0.